The van der Waals surface area contributed by atoms with Crippen molar-refractivity contribution in [1.29, 1.82) is 0 Å². The molecule has 1 aliphatic rings. The fourth-order valence-electron chi connectivity index (χ4n) is 4.19. The number of piperidine rings is 1. The smallest absolute Gasteiger partial charge is 0.410 e. The fraction of sp³-hybridized carbons (Fsp3) is 0.440. The summed E-state index contributed by atoms with van der Waals surface area (Å²) in [6, 6.07) is 12.4. The Balaban J connectivity index is 1.58. The van der Waals surface area contributed by atoms with E-state index in [1.807, 2.05) is 54.5 Å². The number of hydrogen-bond acceptors (Lipinski definition) is 4. The summed E-state index contributed by atoms with van der Waals surface area (Å²) in [6.45, 7) is 7.06. The van der Waals surface area contributed by atoms with Crippen LogP contribution in [-0.2, 0) is 11.3 Å². The summed E-state index contributed by atoms with van der Waals surface area (Å²) < 4.78 is 22.1. The van der Waals surface area contributed by atoms with E-state index in [2.05, 4.69) is 5.32 Å². The van der Waals surface area contributed by atoms with E-state index in [9.17, 15) is 9.18 Å². The van der Waals surface area contributed by atoms with Crippen molar-refractivity contribution in [2.75, 3.05) is 18.4 Å². The summed E-state index contributed by atoms with van der Waals surface area (Å²) >= 11 is 6.30. The molecule has 6 nitrogen and oxygen atoms in total. The second-order valence-corrected chi connectivity index (χ2v) is 9.82. The number of imidazole rings is 1. The lowest BCUT2D eigenvalue weighted by Crippen LogP contribution is -2.49. The molecular formula is C25H30ClFN4O2. The highest BCUT2D eigenvalue weighted by Gasteiger charge is 2.30. The largest absolute Gasteiger partial charge is 0.444 e. The summed E-state index contributed by atoms with van der Waals surface area (Å²) in [5, 5.41) is 3.79. The highest BCUT2D eigenvalue weighted by atomic mass is 35.5. The lowest BCUT2D eigenvalue weighted by atomic mass is 10.0. The van der Waals surface area contributed by atoms with Crippen molar-refractivity contribution in [2.45, 2.75) is 58.2 Å². The first-order chi connectivity index (χ1) is 15.7. The van der Waals surface area contributed by atoms with Gasteiger partial charge >= 0.3 is 6.09 Å². The molecule has 176 valence electrons. The van der Waals surface area contributed by atoms with Gasteiger partial charge in [-0.2, -0.15) is 0 Å². The van der Waals surface area contributed by atoms with Gasteiger partial charge in [-0.3, -0.25) is 0 Å². The molecule has 1 N–H and O–H groups in total. The molecule has 0 saturated carbocycles. The Bertz CT molecular complexity index is 1120. The number of fused-ring (bicyclic) bond motifs is 1. The maximum atomic E-state index is 14.5. The van der Waals surface area contributed by atoms with Crippen molar-refractivity contribution in [1.82, 2.24) is 14.5 Å². The lowest BCUT2D eigenvalue weighted by Gasteiger charge is -2.36. The zero-order valence-corrected chi connectivity index (χ0v) is 20.0. The fourth-order valence-corrected chi connectivity index (χ4v) is 4.42. The van der Waals surface area contributed by atoms with Crippen LogP contribution in [0.2, 0.25) is 5.02 Å². The summed E-state index contributed by atoms with van der Waals surface area (Å²) in [5.74, 6) is 0.264. The van der Waals surface area contributed by atoms with E-state index < -0.39 is 5.60 Å². The van der Waals surface area contributed by atoms with Crippen molar-refractivity contribution in [2.24, 2.45) is 0 Å². The summed E-state index contributed by atoms with van der Waals surface area (Å²) in [6.07, 6.45) is 2.60. The van der Waals surface area contributed by atoms with E-state index in [0.29, 0.717) is 29.6 Å². The quantitative estimate of drug-likeness (QED) is 0.489. The number of carbonyl (C=O) groups excluding carboxylic acids is 1. The number of hydrogen-bond donors (Lipinski definition) is 1. The van der Waals surface area contributed by atoms with Crippen LogP contribution in [0.15, 0.2) is 42.5 Å². The summed E-state index contributed by atoms with van der Waals surface area (Å²) in [4.78, 5) is 19.3. The first kappa shape index (κ1) is 23.4. The third kappa shape index (κ3) is 5.41. The Morgan fingerprint density at radius 2 is 2.00 bits per heavy atom. The van der Waals surface area contributed by atoms with Crippen LogP contribution in [-0.4, -0.2) is 45.3 Å². The molecule has 1 amide bonds. The Kier molecular flexibility index (Phi) is 6.79. The Hall–Kier alpha value is -2.80. The van der Waals surface area contributed by atoms with Gasteiger partial charge in [-0.1, -0.05) is 29.8 Å². The maximum Gasteiger partial charge on any atom is 0.410 e. The van der Waals surface area contributed by atoms with Crippen LogP contribution in [0, 0.1) is 5.82 Å². The second kappa shape index (κ2) is 9.59. The number of ether oxygens (including phenoxy) is 1. The molecule has 1 saturated heterocycles. The number of nitrogens with zero attached hydrogens (tertiary/aromatic N) is 3. The first-order valence-corrected chi connectivity index (χ1v) is 11.7. The molecule has 1 atom stereocenters. The third-order valence-electron chi connectivity index (χ3n) is 5.78. The Morgan fingerprint density at radius 3 is 2.76 bits per heavy atom. The number of halogens is 2. The molecule has 8 heteroatoms. The number of anilines is 1. The van der Waals surface area contributed by atoms with E-state index in [0.717, 1.165) is 30.3 Å². The van der Waals surface area contributed by atoms with Crippen molar-refractivity contribution in [3.05, 3.63) is 58.9 Å². The van der Waals surface area contributed by atoms with E-state index >= 15 is 0 Å². The van der Waals surface area contributed by atoms with Gasteiger partial charge in [0, 0.05) is 23.7 Å². The summed E-state index contributed by atoms with van der Waals surface area (Å²) in [5.41, 5.74) is 1.56. The molecule has 3 aromatic rings. The molecule has 0 aliphatic carbocycles. The van der Waals surface area contributed by atoms with Gasteiger partial charge in [-0.05, 0) is 64.3 Å². The van der Waals surface area contributed by atoms with Gasteiger partial charge in [0.25, 0.3) is 0 Å². The van der Waals surface area contributed by atoms with Gasteiger partial charge < -0.3 is 19.5 Å². The molecule has 2 aromatic carbocycles. The van der Waals surface area contributed by atoms with E-state index in [1.165, 1.54) is 6.07 Å². The lowest BCUT2D eigenvalue weighted by molar-refractivity contribution is 0.0114. The molecule has 1 aromatic heterocycles. The van der Waals surface area contributed by atoms with E-state index in [4.69, 9.17) is 21.3 Å². The number of rotatable bonds is 5. The average Bonchev–Trinajstić information content (AvgIpc) is 3.11. The Labute approximate surface area is 198 Å². The topological polar surface area (TPSA) is 59.4 Å². The SMILES string of the molecule is CC(C)(C)OC(=O)N1CCCCC1CNc1nc2ccccc2n1Cc1c(F)cccc1Cl. The molecule has 33 heavy (non-hydrogen) atoms. The number of benzene rings is 2. The molecule has 4 rings (SSSR count). The number of nitrogens with one attached hydrogen (secondary N) is 1. The van der Waals surface area contributed by atoms with Crippen molar-refractivity contribution in [3.8, 4) is 0 Å². The van der Waals surface area contributed by atoms with Crippen molar-refractivity contribution < 1.29 is 13.9 Å². The van der Waals surface area contributed by atoms with Crippen molar-refractivity contribution >= 4 is 34.7 Å². The molecule has 0 spiro atoms. The minimum atomic E-state index is -0.542. The number of para-hydroxylation sites is 2. The van der Waals surface area contributed by atoms with Crippen LogP contribution in [0.5, 0.6) is 0 Å². The molecule has 1 aliphatic heterocycles. The van der Waals surface area contributed by atoms with Gasteiger partial charge in [-0.15, -0.1) is 0 Å². The van der Waals surface area contributed by atoms with Gasteiger partial charge in [0.1, 0.15) is 11.4 Å². The standard InChI is InChI=1S/C25H30ClFN4O2/c1-25(2,3)33-24(32)30-14-7-6-9-17(30)15-28-23-29-21-12-4-5-13-22(21)31(23)16-18-19(26)10-8-11-20(18)27/h4-5,8,10-13,17H,6-7,9,14-16H2,1-3H3,(H,28,29). The maximum absolute atomic E-state index is 14.5. The van der Waals surface area contributed by atoms with Crippen LogP contribution in [0.25, 0.3) is 11.0 Å². The first-order valence-electron chi connectivity index (χ1n) is 11.3. The minimum absolute atomic E-state index is 0.0149. The van der Waals surface area contributed by atoms with Gasteiger partial charge in [0.05, 0.1) is 23.6 Å². The van der Waals surface area contributed by atoms with Crippen LogP contribution in [0.4, 0.5) is 15.1 Å². The highest BCUT2D eigenvalue weighted by Crippen LogP contribution is 2.27. The van der Waals surface area contributed by atoms with Gasteiger partial charge in [0.2, 0.25) is 5.95 Å². The predicted molar refractivity (Wildman–Crippen MR) is 129 cm³/mol. The monoisotopic (exact) mass is 472 g/mol. The average molecular weight is 473 g/mol. The minimum Gasteiger partial charge on any atom is -0.444 e. The Morgan fingerprint density at radius 1 is 1.21 bits per heavy atom. The van der Waals surface area contributed by atoms with Crippen LogP contribution in [0.1, 0.15) is 45.6 Å². The van der Waals surface area contributed by atoms with Gasteiger partial charge in [0.15, 0.2) is 0 Å². The normalized spacial score (nSPS) is 16.8. The van der Waals surface area contributed by atoms with Crippen molar-refractivity contribution in [3.63, 3.8) is 0 Å². The second-order valence-electron chi connectivity index (χ2n) is 9.41. The molecule has 0 radical (unpaired) electrons. The van der Waals surface area contributed by atoms with Crippen LogP contribution in [0.3, 0.4) is 0 Å². The third-order valence-corrected chi connectivity index (χ3v) is 6.14. The zero-order valence-electron chi connectivity index (χ0n) is 19.3. The van der Waals surface area contributed by atoms with Crippen LogP contribution < -0.4 is 5.32 Å². The van der Waals surface area contributed by atoms with E-state index in [1.54, 1.807) is 12.1 Å². The predicted octanol–water partition coefficient (Wildman–Crippen LogP) is 6.08. The molecule has 1 fully saturated rings. The van der Waals surface area contributed by atoms with Gasteiger partial charge in [-0.25, -0.2) is 14.2 Å². The number of likely N-dealkylation sites (tertiary alicyclic amines) is 1. The molecule has 0 bridgehead atoms. The number of amides is 1. The molecule has 1 unspecified atom stereocenters. The number of carbonyl (C=O) groups is 1. The highest BCUT2D eigenvalue weighted by molar-refractivity contribution is 6.31. The molecule has 2 heterocycles. The molecular weight excluding hydrogens is 443 g/mol. The zero-order chi connectivity index (χ0) is 23.6. The summed E-state index contributed by atoms with van der Waals surface area (Å²) in [7, 11) is 0. The number of aromatic nitrogens is 2. The van der Waals surface area contributed by atoms with Crippen LogP contribution >= 0.6 is 11.6 Å². The van der Waals surface area contributed by atoms with E-state index in [-0.39, 0.29) is 24.5 Å².